The monoisotopic (exact) mass is 396 g/mol. The lowest BCUT2D eigenvalue weighted by molar-refractivity contribution is -0.123. The van der Waals surface area contributed by atoms with Crippen LogP contribution in [0.3, 0.4) is 0 Å². The van der Waals surface area contributed by atoms with Gasteiger partial charge in [-0.1, -0.05) is 26.8 Å². The third-order valence-electron chi connectivity index (χ3n) is 3.89. The van der Waals surface area contributed by atoms with Gasteiger partial charge in [0.2, 0.25) is 11.8 Å². The maximum absolute atomic E-state index is 12.5. The van der Waals surface area contributed by atoms with E-state index in [9.17, 15) is 19.2 Å². The van der Waals surface area contributed by atoms with Gasteiger partial charge in [0.05, 0.1) is 6.54 Å². The fourth-order valence-corrected chi connectivity index (χ4v) is 2.23. The van der Waals surface area contributed by atoms with Crippen molar-refractivity contribution in [1.82, 2.24) is 5.32 Å². The van der Waals surface area contributed by atoms with E-state index in [2.05, 4.69) is 16.0 Å². The van der Waals surface area contributed by atoms with Crippen LogP contribution in [0.1, 0.15) is 41.5 Å². The highest BCUT2D eigenvalue weighted by molar-refractivity contribution is 6.06. The quantitative estimate of drug-likeness (QED) is 0.596. The van der Waals surface area contributed by atoms with Gasteiger partial charge in [-0.25, -0.2) is 0 Å². The highest BCUT2D eigenvalue weighted by atomic mass is 16.2. The lowest BCUT2D eigenvalue weighted by Crippen LogP contribution is -2.33. The number of hydrogen-bond acceptors (Lipinski definition) is 4. The molecule has 29 heavy (non-hydrogen) atoms. The van der Waals surface area contributed by atoms with Crippen LogP contribution in [0.15, 0.2) is 48.5 Å². The van der Waals surface area contributed by atoms with Crippen molar-refractivity contribution in [2.24, 2.45) is 11.1 Å². The third kappa shape index (κ3) is 6.46. The second-order valence-corrected chi connectivity index (χ2v) is 7.47. The van der Waals surface area contributed by atoms with Crippen LogP contribution in [0.25, 0.3) is 0 Å². The molecule has 2 aromatic rings. The van der Waals surface area contributed by atoms with Crippen molar-refractivity contribution in [2.45, 2.75) is 20.8 Å². The fraction of sp³-hybridized carbons (Fsp3) is 0.238. The Bertz CT molecular complexity index is 930. The molecule has 0 atom stereocenters. The lowest BCUT2D eigenvalue weighted by Gasteiger charge is -2.18. The minimum absolute atomic E-state index is 0.153. The van der Waals surface area contributed by atoms with E-state index in [1.807, 2.05) is 0 Å². The molecule has 0 aliphatic heterocycles. The highest BCUT2D eigenvalue weighted by Crippen LogP contribution is 2.19. The topological polar surface area (TPSA) is 130 Å². The molecule has 4 amide bonds. The number of amides is 4. The Kier molecular flexibility index (Phi) is 6.71. The van der Waals surface area contributed by atoms with Crippen LogP contribution in [0.2, 0.25) is 0 Å². The summed E-state index contributed by atoms with van der Waals surface area (Å²) in [5.74, 6) is -1.59. The molecule has 8 heteroatoms. The Morgan fingerprint density at radius 2 is 1.48 bits per heavy atom. The maximum atomic E-state index is 12.5. The molecule has 0 aliphatic rings. The first-order valence-electron chi connectivity index (χ1n) is 8.96. The summed E-state index contributed by atoms with van der Waals surface area (Å²) in [5.41, 5.74) is 6.16. The maximum Gasteiger partial charge on any atom is 0.255 e. The molecule has 0 radical (unpaired) electrons. The summed E-state index contributed by atoms with van der Waals surface area (Å²) < 4.78 is 0. The number of rotatable bonds is 6. The zero-order valence-electron chi connectivity index (χ0n) is 16.5. The SMILES string of the molecule is CC(C)(C)C(=O)Nc1cccc(C(=O)Nc2ccc(C(=O)NCC(N)=O)cc2)c1. The Morgan fingerprint density at radius 1 is 0.828 bits per heavy atom. The zero-order chi connectivity index (χ0) is 21.6. The van der Waals surface area contributed by atoms with Gasteiger partial charge in [-0.2, -0.15) is 0 Å². The summed E-state index contributed by atoms with van der Waals surface area (Å²) in [5, 5.41) is 7.89. The smallest absolute Gasteiger partial charge is 0.255 e. The first-order valence-corrected chi connectivity index (χ1v) is 8.96. The van der Waals surface area contributed by atoms with Gasteiger partial charge in [-0.05, 0) is 42.5 Å². The molecular weight excluding hydrogens is 372 g/mol. The lowest BCUT2D eigenvalue weighted by atomic mass is 9.95. The number of nitrogens with two attached hydrogens (primary N) is 1. The van der Waals surface area contributed by atoms with Crippen LogP contribution in [-0.4, -0.2) is 30.2 Å². The van der Waals surface area contributed by atoms with Gasteiger partial charge in [-0.15, -0.1) is 0 Å². The fourth-order valence-electron chi connectivity index (χ4n) is 2.23. The van der Waals surface area contributed by atoms with Crippen LogP contribution in [-0.2, 0) is 9.59 Å². The summed E-state index contributed by atoms with van der Waals surface area (Å²) in [6, 6.07) is 12.8. The van der Waals surface area contributed by atoms with Gasteiger partial charge in [0.1, 0.15) is 0 Å². The van der Waals surface area contributed by atoms with Crippen molar-refractivity contribution >= 4 is 35.0 Å². The molecule has 0 saturated carbocycles. The molecule has 0 unspecified atom stereocenters. The Labute approximate surface area is 168 Å². The molecule has 0 heterocycles. The molecular formula is C21H24N4O4. The van der Waals surface area contributed by atoms with E-state index in [4.69, 9.17) is 5.73 Å². The summed E-state index contributed by atoms with van der Waals surface area (Å²) in [7, 11) is 0. The number of anilines is 2. The van der Waals surface area contributed by atoms with Crippen LogP contribution in [0.5, 0.6) is 0 Å². The van der Waals surface area contributed by atoms with Crippen LogP contribution < -0.4 is 21.7 Å². The Morgan fingerprint density at radius 3 is 2.07 bits per heavy atom. The summed E-state index contributed by atoms with van der Waals surface area (Å²) >= 11 is 0. The second-order valence-electron chi connectivity index (χ2n) is 7.47. The molecule has 0 saturated heterocycles. The Hall–Kier alpha value is -3.68. The van der Waals surface area contributed by atoms with Crippen molar-refractivity contribution in [2.75, 3.05) is 17.2 Å². The van der Waals surface area contributed by atoms with Crippen molar-refractivity contribution < 1.29 is 19.2 Å². The zero-order valence-corrected chi connectivity index (χ0v) is 16.5. The molecule has 0 aliphatic carbocycles. The van der Waals surface area contributed by atoms with Crippen molar-refractivity contribution in [1.29, 1.82) is 0 Å². The molecule has 0 bridgehead atoms. The summed E-state index contributed by atoms with van der Waals surface area (Å²) in [6.45, 7) is 5.16. The normalized spacial score (nSPS) is 10.7. The standard InChI is InChI=1S/C21H24N4O4/c1-21(2,3)20(29)25-16-6-4-5-14(11-16)19(28)24-15-9-7-13(8-10-15)18(27)23-12-17(22)26/h4-11H,12H2,1-3H3,(H2,22,26)(H,23,27)(H,24,28)(H,25,29). The average Bonchev–Trinajstić information content (AvgIpc) is 2.66. The average molecular weight is 396 g/mol. The number of hydrogen-bond donors (Lipinski definition) is 4. The minimum Gasteiger partial charge on any atom is -0.368 e. The van der Waals surface area contributed by atoms with Gasteiger partial charge in [0.15, 0.2) is 0 Å². The molecule has 0 spiro atoms. The molecule has 8 nitrogen and oxygen atoms in total. The number of benzene rings is 2. The van der Waals surface area contributed by atoms with E-state index in [-0.39, 0.29) is 18.4 Å². The Balaban J connectivity index is 2.03. The number of nitrogens with one attached hydrogen (secondary N) is 3. The van der Waals surface area contributed by atoms with Crippen molar-refractivity contribution in [3.05, 3.63) is 59.7 Å². The van der Waals surface area contributed by atoms with Gasteiger partial charge in [-0.3, -0.25) is 19.2 Å². The number of carbonyl (C=O) groups excluding carboxylic acids is 4. The number of primary amides is 1. The van der Waals surface area contributed by atoms with E-state index in [0.717, 1.165) is 0 Å². The highest BCUT2D eigenvalue weighted by Gasteiger charge is 2.21. The van der Waals surface area contributed by atoms with Crippen LogP contribution in [0, 0.1) is 5.41 Å². The van der Waals surface area contributed by atoms with Gasteiger partial charge < -0.3 is 21.7 Å². The third-order valence-corrected chi connectivity index (χ3v) is 3.89. The molecule has 2 rings (SSSR count). The largest absolute Gasteiger partial charge is 0.368 e. The molecule has 0 fully saturated rings. The van der Waals surface area contributed by atoms with E-state index in [1.165, 1.54) is 12.1 Å². The molecule has 2 aromatic carbocycles. The predicted octanol–water partition coefficient (Wildman–Crippen LogP) is 2.14. The summed E-state index contributed by atoms with van der Waals surface area (Å²) in [4.78, 5) is 47.2. The van der Waals surface area contributed by atoms with E-state index in [0.29, 0.717) is 22.5 Å². The van der Waals surface area contributed by atoms with Crippen molar-refractivity contribution in [3.63, 3.8) is 0 Å². The predicted molar refractivity (Wildman–Crippen MR) is 110 cm³/mol. The van der Waals surface area contributed by atoms with Gasteiger partial charge in [0, 0.05) is 27.9 Å². The van der Waals surface area contributed by atoms with E-state index < -0.39 is 17.2 Å². The number of carbonyl (C=O) groups is 4. The second kappa shape index (κ2) is 9.01. The van der Waals surface area contributed by atoms with Gasteiger partial charge in [0.25, 0.3) is 11.8 Å². The first kappa shape index (κ1) is 21.6. The van der Waals surface area contributed by atoms with E-state index in [1.54, 1.807) is 57.2 Å². The molecule has 152 valence electrons. The first-order chi connectivity index (χ1) is 13.6. The van der Waals surface area contributed by atoms with Gasteiger partial charge >= 0.3 is 0 Å². The van der Waals surface area contributed by atoms with E-state index >= 15 is 0 Å². The minimum atomic E-state index is -0.636. The molecule has 0 aromatic heterocycles. The summed E-state index contributed by atoms with van der Waals surface area (Å²) in [6.07, 6.45) is 0. The van der Waals surface area contributed by atoms with Crippen LogP contribution >= 0.6 is 0 Å². The molecule has 5 N–H and O–H groups in total. The van der Waals surface area contributed by atoms with Crippen LogP contribution in [0.4, 0.5) is 11.4 Å². The van der Waals surface area contributed by atoms with Crippen molar-refractivity contribution in [3.8, 4) is 0 Å².